The summed E-state index contributed by atoms with van der Waals surface area (Å²) in [6.45, 7) is 6.18. The summed E-state index contributed by atoms with van der Waals surface area (Å²) in [5.74, 6) is 1.73. The molecule has 0 spiro atoms. The van der Waals surface area contributed by atoms with Gasteiger partial charge in [-0.25, -0.2) is 0 Å². The molecule has 1 fully saturated rings. The zero-order valence-corrected chi connectivity index (χ0v) is 12.7. The molecule has 1 saturated heterocycles. The molecule has 3 rings (SSSR count). The van der Waals surface area contributed by atoms with Crippen LogP contribution in [0.1, 0.15) is 36.8 Å². The van der Waals surface area contributed by atoms with Crippen molar-refractivity contribution in [2.75, 3.05) is 33.3 Å². The molecular weight excluding hydrogens is 248 g/mol. The van der Waals surface area contributed by atoms with Gasteiger partial charge in [-0.1, -0.05) is 12.1 Å². The summed E-state index contributed by atoms with van der Waals surface area (Å²) in [4.78, 5) is 2.53. The Morgan fingerprint density at radius 1 is 1.40 bits per heavy atom. The van der Waals surface area contributed by atoms with Crippen molar-refractivity contribution in [2.45, 2.75) is 38.1 Å². The number of hydrogen-bond donors (Lipinski definition) is 1. The molecule has 1 aromatic rings. The van der Waals surface area contributed by atoms with Crippen LogP contribution in [0.25, 0.3) is 0 Å². The summed E-state index contributed by atoms with van der Waals surface area (Å²) in [5.41, 5.74) is 2.99. The molecule has 0 amide bonds. The molecule has 1 aliphatic heterocycles. The van der Waals surface area contributed by atoms with E-state index >= 15 is 0 Å². The second-order valence-corrected chi connectivity index (χ2v) is 6.01. The van der Waals surface area contributed by atoms with Crippen molar-refractivity contribution < 1.29 is 4.74 Å². The van der Waals surface area contributed by atoms with Gasteiger partial charge in [0.05, 0.1) is 6.61 Å². The first-order valence-corrected chi connectivity index (χ1v) is 7.96. The SMILES string of the molecule is CCOc1cccc2c1C(C1CNCCN1C)CCC2. The highest BCUT2D eigenvalue weighted by Gasteiger charge is 2.33. The third kappa shape index (κ3) is 2.57. The summed E-state index contributed by atoms with van der Waals surface area (Å²) >= 11 is 0. The molecule has 1 heterocycles. The third-order valence-electron chi connectivity index (χ3n) is 4.81. The molecular formula is C17H26N2O. The summed E-state index contributed by atoms with van der Waals surface area (Å²) < 4.78 is 5.92. The maximum absolute atomic E-state index is 5.92. The van der Waals surface area contributed by atoms with Crippen LogP contribution in [-0.2, 0) is 6.42 Å². The highest BCUT2D eigenvalue weighted by atomic mass is 16.5. The van der Waals surface area contributed by atoms with Crippen LogP contribution in [-0.4, -0.2) is 44.2 Å². The first-order valence-electron chi connectivity index (χ1n) is 7.96. The lowest BCUT2D eigenvalue weighted by Crippen LogP contribution is -2.52. The highest BCUT2D eigenvalue weighted by Crippen LogP contribution is 2.41. The van der Waals surface area contributed by atoms with Crippen molar-refractivity contribution in [2.24, 2.45) is 0 Å². The van der Waals surface area contributed by atoms with E-state index in [1.165, 1.54) is 30.4 Å². The van der Waals surface area contributed by atoms with E-state index in [0.717, 1.165) is 32.0 Å². The van der Waals surface area contributed by atoms with Crippen molar-refractivity contribution in [3.8, 4) is 5.75 Å². The number of nitrogens with zero attached hydrogens (tertiary/aromatic N) is 1. The fourth-order valence-corrected chi connectivity index (χ4v) is 3.83. The Balaban J connectivity index is 1.95. The minimum Gasteiger partial charge on any atom is -0.494 e. The van der Waals surface area contributed by atoms with E-state index in [9.17, 15) is 0 Å². The first-order chi connectivity index (χ1) is 9.81. The third-order valence-corrected chi connectivity index (χ3v) is 4.81. The lowest BCUT2D eigenvalue weighted by molar-refractivity contribution is 0.162. The number of rotatable bonds is 3. The van der Waals surface area contributed by atoms with Crippen molar-refractivity contribution in [3.63, 3.8) is 0 Å². The van der Waals surface area contributed by atoms with Gasteiger partial charge in [-0.15, -0.1) is 0 Å². The van der Waals surface area contributed by atoms with E-state index in [0.29, 0.717) is 12.0 Å². The van der Waals surface area contributed by atoms with Crippen molar-refractivity contribution in [3.05, 3.63) is 29.3 Å². The number of nitrogens with one attached hydrogen (secondary N) is 1. The second-order valence-electron chi connectivity index (χ2n) is 6.01. The van der Waals surface area contributed by atoms with Crippen LogP contribution in [0, 0.1) is 0 Å². The van der Waals surface area contributed by atoms with Gasteiger partial charge in [-0.2, -0.15) is 0 Å². The smallest absolute Gasteiger partial charge is 0.123 e. The molecule has 1 aromatic carbocycles. The Morgan fingerprint density at radius 2 is 2.30 bits per heavy atom. The molecule has 0 radical (unpaired) electrons. The predicted octanol–water partition coefficient (Wildman–Crippen LogP) is 2.41. The molecule has 20 heavy (non-hydrogen) atoms. The standard InChI is InChI=1S/C17H26N2O/c1-3-20-16-9-5-7-13-6-4-8-14(17(13)16)15-12-18-10-11-19(15)2/h5,7,9,14-15,18H,3-4,6,8,10-12H2,1-2H3. The normalized spacial score (nSPS) is 27.1. The van der Waals surface area contributed by atoms with Crippen molar-refractivity contribution in [1.82, 2.24) is 10.2 Å². The van der Waals surface area contributed by atoms with Crippen LogP contribution in [0.15, 0.2) is 18.2 Å². The lowest BCUT2D eigenvalue weighted by Gasteiger charge is -2.41. The molecule has 110 valence electrons. The predicted molar refractivity (Wildman–Crippen MR) is 82.6 cm³/mol. The molecule has 1 N–H and O–H groups in total. The molecule has 2 atom stereocenters. The van der Waals surface area contributed by atoms with Gasteiger partial charge in [0.15, 0.2) is 0 Å². The Bertz CT molecular complexity index is 460. The molecule has 0 bridgehead atoms. The molecule has 0 saturated carbocycles. The molecule has 3 nitrogen and oxygen atoms in total. The van der Waals surface area contributed by atoms with E-state index in [1.807, 2.05) is 0 Å². The van der Waals surface area contributed by atoms with Gasteiger partial charge in [0, 0.05) is 37.2 Å². The summed E-state index contributed by atoms with van der Waals surface area (Å²) in [6, 6.07) is 7.19. The van der Waals surface area contributed by atoms with Gasteiger partial charge in [0.1, 0.15) is 5.75 Å². The van der Waals surface area contributed by atoms with Crippen LogP contribution < -0.4 is 10.1 Å². The molecule has 3 heteroatoms. The van der Waals surface area contributed by atoms with E-state index < -0.39 is 0 Å². The largest absolute Gasteiger partial charge is 0.494 e. The quantitative estimate of drug-likeness (QED) is 0.916. The monoisotopic (exact) mass is 274 g/mol. The lowest BCUT2D eigenvalue weighted by atomic mass is 9.77. The fourth-order valence-electron chi connectivity index (χ4n) is 3.83. The fraction of sp³-hybridized carbons (Fsp3) is 0.647. The summed E-state index contributed by atoms with van der Waals surface area (Å²) in [6.07, 6.45) is 3.79. The first kappa shape index (κ1) is 13.9. The Kier molecular flexibility index (Phi) is 4.27. The van der Waals surface area contributed by atoms with Crippen molar-refractivity contribution >= 4 is 0 Å². The van der Waals surface area contributed by atoms with Gasteiger partial charge in [0.2, 0.25) is 0 Å². The number of likely N-dealkylation sites (N-methyl/N-ethyl adjacent to an activating group) is 1. The maximum atomic E-state index is 5.92. The van der Waals surface area contributed by atoms with Crippen LogP contribution in [0.2, 0.25) is 0 Å². The molecule has 1 aliphatic carbocycles. The average Bonchev–Trinajstić information content (AvgIpc) is 2.48. The number of hydrogen-bond acceptors (Lipinski definition) is 3. The Morgan fingerprint density at radius 3 is 3.10 bits per heavy atom. The zero-order chi connectivity index (χ0) is 13.9. The number of ether oxygens (including phenoxy) is 1. The van der Waals surface area contributed by atoms with Gasteiger partial charge >= 0.3 is 0 Å². The van der Waals surface area contributed by atoms with Crippen LogP contribution in [0.5, 0.6) is 5.75 Å². The number of fused-ring (bicyclic) bond motifs is 1. The number of piperazine rings is 1. The van der Waals surface area contributed by atoms with Crippen molar-refractivity contribution in [1.29, 1.82) is 0 Å². The van der Waals surface area contributed by atoms with Gasteiger partial charge < -0.3 is 15.0 Å². The molecule has 2 aliphatic rings. The van der Waals surface area contributed by atoms with Crippen LogP contribution in [0.3, 0.4) is 0 Å². The Hall–Kier alpha value is -1.06. The van der Waals surface area contributed by atoms with Crippen LogP contribution in [0.4, 0.5) is 0 Å². The summed E-state index contributed by atoms with van der Waals surface area (Å²) in [7, 11) is 2.27. The number of aryl methyl sites for hydroxylation is 1. The van der Waals surface area contributed by atoms with Crippen LogP contribution >= 0.6 is 0 Å². The molecule has 0 aromatic heterocycles. The van der Waals surface area contributed by atoms with E-state index in [2.05, 4.69) is 42.4 Å². The van der Waals surface area contributed by atoms with E-state index in [-0.39, 0.29) is 0 Å². The van der Waals surface area contributed by atoms with E-state index in [1.54, 1.807) is 0 Å². The Labute approximate surface area is 122 Å². The molecule has 2 unspecified atom stereocenters. The van der Waals surface area contributed by atoms with Gasteiger partial charge in [0.25, 0.3) is 0 Å². The minimum atomic E-state index is 0.601. The summed E-state index contributed by atoms with van der Waals surface area (Å²) in [5, 5.41) is 3.56. The van der Waals surface area contributed by atoms with Gasteiger partial charge in [-0.05, 0) is 44.9 Å². The minimum absolute atomic E-state index is 0.601. The second kappa shape index (κ2) is 6.15. The topological polar surface area (TPSA) is 24.5 Å². The maximum Gasteiger partial charge on any atom is 0.123 e. The highest BCUT2D eigenvalue weighted by molar-refractivity contribution is 5.45. The van der Waals surface area contributed by atoms with E-state index in [4.69, 9.17) is 4.74 Å². The zero-order valence-electron chi connectivity index (χ0n) is 12.7. The average molecular weight is 274 g/mol. The van der Waals surface area contributed by atoms with Gasteiger partial charge in [-0.3, -0.25) is 0 Å². The number of benzene rings is 1.